The number of aliphatic hydroxyl groups is 1. The van der Waals surface area contributed by atoms with Crippen LogP contribution in [0.15, 0.2) is 6.20 Å². The molecule has 1 aromatic heterocycles. The number of rotatable bonds is 3. The Labute approximate surface area is 119 Å². The molecule has 0 spiro atoms. The highest BCUT2D eigenvalue weighted by atomic mass is 16.6. The topological polar surface area (TPSA) is 76.3 Å². The minimum absolute atomic E-state index is 0.165. The van der Waals surface area contributed by atoms with E-state index < -0.39 is 0 Å². The van der Waals surface area contributed by atoms with Gasteiger partial charge in [-0.2, -0.15) is 0 Å². The molecule has 0 aliphatic heterocycles. The molecule has 1 saturated carbocycles. The fourth-order valence-corrected chi connectivity index (χ4v) is 3.10. The quantitative estimate of drug-likeness (QED) is 0.523. The van der Waals surface area contributed by atoms with Crippen molar-refractivity contribution in [2.24, 2.45) is 5.92 Å². The Kier molecular flexibility index (Phi) is 4.70. The average molecular weight is 278 g/mol. The van der Waals surface area contributed by atoms with Gasteiger partial charge in [0.25, 0.3) is 5.69 Å². The Hall–Kier alpha value is -1.49. The second kappa shape index (κ2) is 6.31. The van der Waals surface area contributed by atoms with Gasteiger partial charge in [0.1, 0.15) is 0 Å². The predicted molar refractivity (Wildman–Crippen MR) is 76.7 cm³/mol. The van der Waals surface area contributed by atoms with Gasteiger partial charge in [-0.25, -0.2) is 0 Å². The molecule has 1 aliphatic rings. The van der Waals surface area contributed by atoms with E-state index in [4.69, 9.17) is 0 Å². The van der Waals surface area contributed by atoms with Crippen molar-refractivity contribution in [3.05, 3.63) is 33.1 Å². The third kappa shape index (κ3) is 3.15. The molecule has 2 atom stereocenters. The maximum Gasteiger partial charge on any atom is 0.278 e. The molecular weight excluding hydrogens is 256 g/mol. The van der Waals surface area contributed by atoms with Crippen LogP contribution in [0.4, 0.5) is 5.69 Å². The lowest BCUT2D eigenvalue weighted by atomic mass is 9.90. The molecule has 1 N–H and O–H groups in total. The van der Waals surface area contributed by atoms with E-state index in [9.17, 15) is 15.2 Å². The second-order valence-electron chi connectivity index (χ2n) is 5.79. The van der Waals surface area contributed by atoms with Crippen LogP contribution in [-0.2, 0) is 6.42 Å². The molecule has 5 nitrogen and oxygen atoms in total. The lowest BCUT2D eigenvalue weighted by Gasteiger charge is -2.20. The first kappa shape index (κ1) is 14.9. The van der Waals surface area contributed by atoms with Crippen LogP contribution < -0.4 is 0 Å². The molecule has 20 heavy (non-hydrogen) atoms. The van der Waals surface area contributed by atoms with Gasteiger partial charge >= 0.3 is 0 Å². The molecular formula is C15H22N2O3. The summed E-state index contributed by atoms with van der Waals surface area (Å²) < 4.78 is 0. The number of nitrogens with zero attached hydrogens (tertiary/aromatic N) is 2. The molecule has 1 aromatic rings. The highest BCUT2D eigenvalue weighted by molar-refractivity contribution is 5.47. The molecule has 1 heterocycles. The largest absolute Gasteiger partial charge is 0.393 e. The first-order chi connectivity index (χ1) is 9.50. The van der Waals surface area contributed by atoms with Gasteiger partial charge < -0.3 is 5.11 Å². The van der Waals surface area contributed by atoms with Gasteiger partial charge in [-0.15, -0.1) is 0 Å². The van der Waals surface area contributed by atoms with Crippen LogP contribution in [0.1, 0.15) is 48.9 Å². The molecule has 1 fully saturated rings. The third-order valence-corrected chi connectivity index (χ3v) is 4.33. The van der Waals surface area contributed by atoms with E-state index in [-0.39, 0.29) is 22.6 Å². The Morgan fingerprint density at radius 1 is 1.35 bits per heavy atom. The number of hydrogen-bond acceptors (Lipinski definition) is 4. The predicted octanol–water partition coefficient (Wildman–Crippen LogP) is 3.09. The fourth-order valence-electron chi connectivity index (χ4n) is 3.10. The fraction of sp³-hybridized carbons (Fsp3) is 0.667. The Balaban J connectivity index is 2.25. The molecule has 5 heteroatoms. The van der Waals surface area contributed by atoms with E-state index in [1.807, 2.05) is 0 Å². The van der Waals surface area contributed by atoms with Crippen LogP contribution in [0.3, 0.4) is 0 Å². The molecule has 110 valence electrons. The summed E-state index contributed by atoms with van der Waals surface area (Å²) in [4.78, 5) is 15.2. The first-order valence-electron chi connectivity index (χ1n) is 7.28. The van der Waals surface area contributed by atoms with Gasteiger partial charge in [-0.05, 0) is 39.0 Å². The molecule has 0 radical (unpaired) electrons. The van der Waals surface area contributed by atoms with E-state index in [2.05, 4.69) is 4.98 Å². The van der Waals surface area contributed by atoms with Crippen LogP contribution in [0, 0.1) is 29.9 Å². The maximum absolute atomic E-state index is 11.1. The zero-order valence-corrected chi connectivity index (χ0v) is 12.1. The Morgan fingerprint density at radius 3 is 2.75 bits per heavy atom. The van der Waals surface area contributed by atoms with Crippen LogP contribution in [0.25, 0.3) is 0 Å². The minimum atomic E-state index is -0.334. The average Bonchev–Trinajstić information content (AvgIpc) is 2.58. The van der Waals surface area contributed by atoms with E-state index >= 15 is 0 Å². The van der Waals surface area contributed by atoms with Crippen molar-refractivity contribution < 1.29 is 10.0 Å². The van der Waals surface area contributed by atoms with Crippen molar-refractivity contribution >= 4 is 5.69 Å². The van der Waals surface area contributed by atoms with E-state index in [0.717, 1.165) is 37.8 Å². The lowest BCUT2D eigenvalue weighted by Crippen LogP contribution is -2.22. The van der Waals surface area contributed by atoms with E-state index in [1.54, 1.807) is 20.0 Å². The number of aromatic nitrogens is 1. The number of hydrogen-bond donors (Lipinski definition) is 1. The maximum atomic E-state index is 11.1. The van der Waals surface area contributed by atoms with Crippen molar-refractivity contribution in [1.82, 2.24) is 4.98 Å². The van der Waals surface area contributed by atoms with Crippen molar-refractivity contribution in [3.8, 4) is 0 Å². The highest BCUT2D eigenvalue weighted by Gasteiger charge is 2.25. The van der Waals surface area contributed by atoms with Crippen molar-refractivity contribution in [2.45, 2.75) is 58.5 Å². The molecule has 0 bridgehead atoms. The minimum Gasteiger partial charge on any atom is -0.393 e. The summed E-state index contributed by atoms with van der Waals surface area (Å²) in [6.07, 6.45) is 7.05. The number of nitro groups is 1. The van der Waals surface area contributed by atoms with E-state index in [0.29, 0.717) is 17.5 Å². The molecule has 0 aromatic carbocycles. The third-order valence-electron chi connectivity index (χ3n) is 4.33. The Bertz CT molecular complexity index is 502. The second-order valence-corrected chi connectivity index (χ2v) is 5.79. The van der Waals surface area contributed by atoms with Crippen LogP contribution in [0.2, 0.25) is 0 Å². The SMILES string of the molecule is Cc1cnc(CC2CCCCCC2O)c(C)c1[N+](=O)[O-]. The summed E-state index contributed by atoms with van der Waals surface area (Å²) in [5, 5.41) is 21.3. The van der Waals surface area contributed by atoms with Gasteiger partial charge in [-0.1, -0.05) is 19.3 Å². The van der Waals surface area contributed by atoms with Gasteiger partial charge in [-0.3, -0.25) is 15.1 Å². The normalized spacial score (nSPS) is 23.4. The lowest BCUT2D eigenvalue weighted by molar-refractivity contribution is -0.386. The molecule has 0 amide bonds. The van der Waals surface area contributed by atoms with Crippen molar-refractivity contribution in [1.29, 1.82) is 0 Å². The summed E-state index contributed by atoms with van der Waals surface area (Å²) in [5.74, 6) is 0.172. The summed E-state index contributed by atoms with van der Waals surface area (Å²) >= 11 is 0. The van der Waals surface area contributed by atoms with Gasteiger partial charge in [0, 0.05) is 17.3 Å². The summed E-state index contributed by atoms with van der Waals surface area (Å²) in [7, 11) is 0. The summed E-state index contributed by atoms with van der Waals surface area (Å²) in [6.45, 7) is 3.47. The summed E-state index contributed by atoms with van der Waals surface area (Å²) in [6, 6.07) is 0. The monoisotopic (exact) mass is 278 g/mol. The summed E-state index contributed by atoms with van der Waals surface area (Å²) in [5.41, 5.74) is 2.16. The van der Waals surface area contributed by atoms with Gasteiger partial charge in [0.15, 0.2) is 0 Å². The van der Waals surface area contributed by atoms with Crippen LogP contribution in [-0.4, -0.2) is 21.1 Å². The number of aliphatic hydroxyl groups excluding tert-OH is 1. The molecule has 1 aliphatic carbocycles. The van der Waals surface area contributed by atoms with Crippen molar-refractivity contribution in [3.63, 3.8) is 0 Å². The van der Waals surface area contributed by atoms with Gasteiger partial charge in [0.2, 0.25) is 0 Å². The number of aryl methyl sites for hydroxylation is 1. The standard InChI is InChI=1S/C15H22N2O3/c1-10-9-16-13(11(2)15(10)17(19)20)8-12-6-4-3-5-7-14(12)18/h9,12,14,18H,3-8H2,1-2H3. The molecule has 2 rings (SSSR count). The molecule has 0 saturated heterocycles. The van der Waals surface area contributed by atoms with Crippen LogP contribution >= 0.6 is 0 Å². The first-order valence-corrected chi connectivity index (χ1v) is 7.28. The smallest absolute Gasteiger partial charge is 0.278 e. The zero-order chi connectivity index (χ0) is 14.7. The molecule has 2 unspecified atom stereocenters. The van der Waals surface area contributed by atoms with E-state index in [1.165, 1.54) is 0 Å². The highest BCUT2D eigenvalue weighted by Crippen LogP contribution is 2.30. The number of pyridine rings is 1. The Morgan fingerprint density at radius 2 is 2.05 bits per heavy atom. The zero-order valence-electron chi connectivity index (χ0n) is 12.1. The van der Waals surface area contributed by atoms with Crippen LogP contribution in [0.5, 0.6) is 0 Å². The van der Waals surface area contributed by atoms with Crippen molar-refractivity contribution in [2.75, 3.05) is 0 Å². The van der Waals surface area contributed by atoms with Gasteiger partial charge in [0.05, 0.1) is 16.7 Å².